The molecule has 2 fully saturated rings. The molecule has 0 N–H and O–H groups in total. The molecule has 4 atom stereocenters. The van der Waals surface area contributed by atoms with Crippen molar-refractivity contribution in [2.45, 2.75) is 45.1 Å². The largest absolute Gasteiger partial charge is 0.303 e. The Morgan fingerprint density at radius 2 is 2.21 bits per heavy atom. The summed E-state index contributed by atoms with van der Waals surface area (Å²) >= 11 is 0. The van der Waals surface area contributed by atoms with Gasteiger partial charge >= 0.3 is 0 Å². The van der Waals surface area contributed by atoms with Gasteiger partial charge in [0, 0.05) is 17.9 Å². The molecule has 3 rings (SSSR count). The Morgan fingerprint density at radius 3 is 3.00 bits per heavy atom. The third-order valence-corrected chi connectivity index (χ3v) is 5.26. The predicted octanol–water partition coefficient (Wildman–Crippen LogP) is 3.38. The first-order valence-corrected chi connectivity index (χ1v) is 7.84. The van der Waals surface area contributed by atoms with Crippen molar-refractivity contribution in [3.8, 4) is 0 Å². The summed E-state index contributed by atoms with van der Waals surface area (Å²) in [6, 6.07) is 7.16. The molecule has 2 nitrogen and oxygen atoms in total. The second-order valence-electron chi connectivity index (χ2n) is 6.72. The minimum absolute atomic E-state index is 0.825. The molecule has 0 unspecified atom stereocenters. The third kappa shape index (κ3) is 2.84. The number of hydrogen-bond acceptors (Lipinski definition) is 2. The fraction of sp³-hybridized carbons (Fsp3) is 0.706. The molecule has 0 bridgehead atoms. The van der Waals surface area contributed by atoms with Gasteiger partial charge in [-0.2, -0.15) is 0 Å². The van der Waals surface area contributed by atoms with Crippen molar-refractivity contribution in [1.29, 1.82) is 0 Å². The molecule has 1 aromatic heterocycles. The second-order valence-corrected chi connectivity index (χ2v) is 6.72. The topological polar surface area (TPSA) is 16.1 Å². The molecule has 19 heavy (non-hydrogen) atoms. The summed E-state index contributed by atoms with van der Waals surface area (Å²) in [4.78, 5) is 7.16. The van der Waals surface area contributed by atoms with Gasteiger partial charge in [-0.3, -0.25) is 4.98 Å². The number of nitrogens with zero attached hydrogens (tertiary/aromatic N) is 2. The van der Waals surface area contributed by atoms with E-state index in [2.05, 4.69) is 36.0 Å². The van der Waals surface area contributed by atoms with Crippen LogP contribution >= 0.6 is 0 Å². The van der Waals surface area contributed by atoms with Crippen LogP contribution in [0.2, 0.25) is 0 Å². The Balaban J connectivity index is 1.75. The zero-order chi connectivity index (χ0) is 13.2. The van der Waals surface area contributed by atoms with Crippen LogP contribution in [0.5, 0.6) is 0 Å². The minimum atomic E-state index is 0.825. The fourth-order valence-corrected chi connectivity index (χ4v) is 4.39. The molecule has 1 aromatic rings. The molecule has 0 radical (unpaired) electrons. The number of fused-ring (bicyclic) bond motifs is 1. The molecule has 2 heterocycles. The Kier molecular flexibility index (Phi) is 3.88. The zero-order valence-corrected chi connectivity index (χ0v) is 12.3. The lowest BCUT2D eigenvalue weighted by molar-refractivity contribution is 0.0221. The lowest BCUT2D eigenvalue weighted by atomic mass is 9.66. The maximum Gasteiger partial charge on any atom is 0.0406 e. The van der Waals surface area contributed by atoms with Crippen molar-refractivity contribution in [3.05, 3.63) is 30.1 Å². The maximum absolute atomic E-state index is 4.54. The molecule has 1 aliphatic heterocycles. The Labute approximate surface area is 117 Å². The number of likely N-dealkylation sites (tertiary alicyclic amines) is 1. The highest BCUT2D eigenvalue weighted by molar-refractivity contribution is 5.06. The monoisotopic (exact) mass is 258 g/mol. The summed E-state index contributed by atoms with van der Waals surface area (Å²) in [5.74, 6) is 2.61. The van der Waals surface area contributed by atoms with Gasteiger partial charge in [0.25, 0.3) is 0 Å². The van der Waals surface area contributed by atoms with E-state index >= 15 is 0 Å². The van der Waals surface area contributed by atoms with Crippen molar-refractivity contribution in [2.24, 2.45) is 17.8 Å². The smallest absolute Gasteiger partial charge is 0.0406 e. The van der Waals surface area contributed by atoms with Crippen LogP contribution in [0.15, 0.2) is 24.4 Å². The normalized spacial score (nSPS) is 35.9. The molecular formula is C17H26N2. The van der Waals surface area contributed by atoms with Gasteiger partial charge in [-0.1, -0.05) is 13.0 Å². The van der Waals surface area contributed by atoms with E-state index in [1.165, 1.54) is 44.3 Å². The lowest BCUT2D eigenvalue weighted by Crippen LogP contribution is -2.49. The molecule has 0 amide bonds. The first-order chi connectivity index (χ1) is 9.24. The maximum atomic E-state index is 4.54. The van der Waals surface area contributed by atoms with Gasteiger partial charge in [0.05, 0.1) is 0 Å². The van der Waals surface area contributed by atoms with Gasteiger partial charge in [-0.05, 0) is 75.6 Å². The van der Waals surface area contributed by atoms with Gasteiger partial charge in [0.2, 0.25) is 0 Å². The van der Waals surface area contributed by atoms with Crippen molar-refractivity contribution < 1.29 is 0 Å². The summed E-state index contributed by atoms with van der Waals surface area (Å²) in [6.45, 7) is 3.73. The highest BCUT2D eigenvalue weighted by atomic mass is 15.1. The third-order valence-electron chi connectivity index (χ3n) is 5.26. The van der Waals surface area contributed by atoms with Gasteiger partial charge in [0.15, 0.2) is 0 Å². The van der Waals surface area contributed by atoms with Gasteiger partial charge in [-0.15, -0.1) is 0 Å². The van der Waals surface area contributed by atoms with Crippen LogP contribution in [0, 0.1) is 17.8 Å². The highest BCUT2D eigenvalue weighted by Crippen LogP contribution is 2.42. The predicted molar refractivity (Wildman–Crippen MR) is 79.0 cm³/mol. The number of pyridine rings is 1. The summed E-state index contributed by atoms with van der Waals surface area (Å²) < 4.78 is 0. The Bertz CT molecular complexity index is 403. The van der Waals surface area contributed by atoms with Crippen LogP contribution in [-0.4, -0.2) is 29.5 Å². The molecule has 1 aliphatic carbocycles. The lowest BCUT2D eigenvalue weighted by Gasteiger charge is -2.48. The average Bonchev–Trinajstić information content (AvgIpc) is 2.41. The number of aromatic nitrogens is 1. The van der Waals surface area contributed by atoms with E-state index in [9.17, 15) is 0 Å². The Morgan fingerprint density at radius 1 is 1.32 bits per heavy atom. The van der Waals surface area contributed by atoms with E-state index in [-0.39, 0.29) is 0 Å². The first-order valence-electron chi connectivity index (χ1n) is 7.84. The van der Waals surface area contributed by atoms with Crippen LogP contribution in [0.4, 0.5) is 0 Å². The van der Waals surface area contributed by atoms with E-state index < -0.39 is 0 Å². The summed E-state index contributed by atoms with van der Waals surface area (Å²) in [5, 5.41) is 0. The van der Waals surface area contributed by atoms with Crippen molar-refractivity contribution in [2.75, 3.05) is 13.6 Å². The SMILES string of the molecule is C[C@@H]1C[C@@H](Cc2ccccn2)[C@@H]2CCCN(C)[C@H]2C1. The van der Waals surface area contributed by atoms with Gasteiger partial charge in [0.1, 0.15) is 0 Å². The van der Waals surface area contributed by atoms with E-state index in [0.29, 0.717) is 0 Å². The van der Waals surface area contributed by atoms with Crippen LogP contribution in [0.25, 0.3) is 0 Å². The minimum Gasteiger partial charge on any atom is -0.303 e. The first kappa shape index (κ1) is 13.1. The molecule has 0 spiro atoms. The number of rotatable bonds is 2. The Hall–Kier alpha value is -0.890. The molecule has 104 valence electrons. The van der Waals surface area contributed by atoms with Gasteiger partial charge < -0.3 is 4.90 Å². The molecule has 1 saturated carbocycles. The summed E-state index contributed by atoms with van der Waals surface area (Å²) in [6.07, 6.45) is 8.72. The molecule has 0 aromatic carbocycles. The van der Waals surface area contributed by atoms with Crippen molar-refractivity contribution in [3.63, 3.8) is 0 Å². The summed E-state index contributed by atoms with van der Waals surface area (Å²) in [5.41, 5.74) is 1.29. The van der Waals surface area contributed by atoms with E-state index in [1.807, 2.05) is 12.3 Å². The van der Waals surface area contributed by atoms with Crippen LogP contribution in [0.3, 0.4) is 0 Å². The van der Waals surface area contributed by atoms with E-state index in [0.717, 1.165) is 23.8 Å². The number of piperidine rings is 1. The quantitative estimate of drug-likeness (QED) is 0.808. The number of hydrogen-bond donors (Lipinski definition) is 0. The van der Waals surface area contributed by atoms with Crippen LogP contribution in [0.1, 0.15) is 38.3 Å². The molecule has 2 heteroatoms. The fourth-order valence-electron chi connectivity index (χ4n) is 4.39. The van der Waals surface area contributed by atoms with Crippen LogP contribution < -0.4 is 0 Å². The second kappa shape index (κ2) is 5.62. The van der Waals surface area contributed by atoms with E-state index in [4.69, 9.17) is 0 Å². The van der Waals surface area contributed by atoms with Gasteiger partial charge in [-0.25, -0.2) is 0 Å². The van der Waals surface area contributed by atoms with Crippen molar-refractivity contribution in [1.82, 2.24) is 9.88 Å². The van der Waals surface area contributed by atoms with Crippen molar-refractivity contribution >= 4 is 0 Å². The molecule has 2 aliphatic rings. The zero-order valence-electron chi connectivity index (χ0n) is 12.3. The summed E-state index contributed by atoms with van der Waals surface area (Å²) in [7, 11) is 2.33. The molecular weight excluding hydrogens is 232 g/mol. The van der Waals surface area contributed by atoms with Crippen LogP contribution in [-0.2, 0) is 6.42 Å². The van der Waals surface area contributed by atoms with E-state index in [1.54, 1.807) is 0 Å². The standard InChI is InChI=1S/C17H26N2/c1-13-10-14(12-15-6-3-4-8-18-15)16-7-5-9-19(2)17(16)11-13/h3-4,6,8,13-14,16-17H,5,7,9-12H2,1-2H3/t13-,14+,16+,17+/m1/s1. The molecule has 1 saturated heterocycles. The highest BCUT2D eigenvalue weighted by Gasteiger charge is 2.39. The average molecular weight is 258 g/mol.